The molecule has 142 valence electrons. The predicted octanol–water partition coefficient (Wildman–Crippen LogP) is 2.72. The molecule has 4 rings (SSSR count). The average Bonchev–Trinajstić information content (AvgIpc) is 3.25. The van der Waals surface area contributed by atoms with Crippen molar-refractivity contribution >= 4 is 5.91 Å². The number of aliphatic hydroxyl groups is 1. The second-order valence-corrected chi connectivity index (χ2v) is 7.34. The van der Waals surface area contributed by atoms with E-state index in [-0.39, 0.29) is 11.9 Å². The normalized spacial score (nSPS) is 24.4. The number of carbonyl (C=O) groups excluding carboxylic acids is 1. The third-order valence-electron chi connectivity index (χ3n) is 5.60. The number of rotatable bonds is 7. The van der Waals surface area contributed by atoms with Crippen LogP contribution in [0.1, 0.15) is 40.6 Å². The minimum absolute atomic E-state index is 0.0222. The molecule has 0 aliphatic carbocycles. The maximum absolute atomic E-state index is 12.8. The van der Waals surface area contributed by atoms with Crippen LogP contribution in [0, 0.1) is 5.92 Å². The van der Waals surface area contributed by atoms with E-state index in [1.54, 1.807) is 11.0 Å². The van der Waals surface area contributed by atoms with Crippen LogP contribution in [0.2, 0.25) is 0 Å². The van der Waals surface area contributed by atoms with Gasteiger partial charge in [0.1, 0.15) is 0 Å². The van der Waals surface area contributed by atoms with Crippen molar-refractivity contribution in [1.82, 2.24) is 10.2 Å². The van der Waals surface area contributed by atoms with E-state index >= 15 is 0 Å². The molecule has 1 amide bonds. The summed E-state index contributed by atoms with van der Waals surface area (Å²) in [5.41, 5.74) is 2.53. The molecule has 27 heavy (non-hydrogen) atoms. The van der Waals surface area contributed by atoms with E-state index in [1.807, 2.05) is 36.4 Å². The van der Waals surface area contributed by atoms with Gasteiger partial charge in [-0.25, -0.2) is 0 Å². The fraction of sp³-hybridized carbons (Fsp3) is 0.409. The van der Waals surface area contributed by atoms with Crippen LogP contribution in [0.15, 0.2) is 54.6 Å². The lowest BCUT2D eigenvalue weighted by atomic mass is 9.96. The van der Waals surface area contributed by atoms with E-state index in [9.17, 15) is 9.90 Å². The van der Waals surface area contributed by atoms with Crippen LogP contribution in [-0.2, 0) is 11.3 Å². The molecule has 0 spiro atoms. The van der Waals surface area contributed by atoms with Gasteiger partial charge in [0.05, 0.1) is 12.6 Å². The summed E-state index contributed by atoms with van der Waals surface area (Å²) < 4.78 is 5.78. The molecule has 0 saturated carbocycles. The molecule has 2 N–H and O–H groups in total. The Hall–Kier alpha value is -2.21. The summed E-state index contributed by atoms with van der Waals surface area (Å²) >= 11 is 0. The van der Waals surface area contributed by atoms with E-state index in [0.29, 0.717) is 24.7 Å². The molecule has 2 heterocycles. The van der Waals surface area contributed by atoms with Crippen LogP contribution < -0.4 is 5.32 Å². The quantitative estimate of drug-likeness (QED) is 0.740. The number of carbonyl (C=O) groups is 1. The van der Waals surface area contributed by atoms with Crippen molar-refractivity contribution in [3.8, 4) is 0 Å². The molecular weight excluding hydrogens is 340 g/mol. The summed E-state index contributed by atoms with van der Waals surface area (Å²) in [4.78, 5) is 14.5. The molecule has 0 aromatic heterocycles. The molecule has 2 aromatic carbocycles. The Bertz CT molecular complexity index is 780. The molecule has 1 saturated heterocycles. The van der Waals surface area contributed by atoms with Gasteiger partial charge in [0.2, 0.25) is 0 Å². The van der Waals surface area contributed by atoms with Crippen molar-refractivity contribution in [3.63, 3.8) is 0 Å². The first-order valence-corrected chi connectivity index (χ1v) is 9.68. The highest BCUT2D eigenvalue weighted by molar-refractivity contribution is 5.99. The number of hydrogen-bond acceptors (Lipinski definition) is 4. The highest BCUT2D eigenvalue weighted by atomic mass is 16.5. The average molecular weight is 366 g/mol. The zero-order valence-electron chi connectivity index (χ0n) is 15.4. The van der Waals surface area contributed by atoms with Crippen LogP contribution in [0.4, 0.5) is 0 Å². The Morgan fingerprint density at radius 1 is 1.07 bits per heavy atom. The highest BCUT2D eigenvalue weighted by Crippen LogP contribution is 2.36. The second kappa shape index (κ2) is 8.21. The minimum atomic E-state index is -0.838. The third kappa shape index (κ3) is 3.76. The SMILES string of the molecule is O=C1c2ccccc2C(O)N1C1CNCC1CCCOCc1ccccc1. The lowest BCUT2D eigenvalue weighted by Gasteiger charge is -2.31. The number of ether oxygens (including phenoxy) is 1. The molecule has 2 aliphatic rings. The number of hydrogen-bond donors (Lipinski definition) is 2. The first kappa shape index (κ1) is 18.2. The molecule has 3 unspecified atom stereocenters. The molecule has 5 heteroatoms. The molecule has 2 aliphatic heterocycles. The number of nitrogens with one attached hydrogen (secondary N) is 1. The van der Waals surface area contributed by atoms with Crippen molar-refractivity contribution in [2.75, 3.05) is 19.7 Å². The van der Waals surface area contributed by atoms with Gasteiger partial charge in [-0.3, -0.25) is 4.79 Å². The van der Waals surface area contributed by atoms with Gasteiger partial charge >= 0.3 is 0 Å². The van der Waals surface area contributed by atoms with Gasteiger partial charge in [0.15, 0.2) is 6.23 Å². The fourth-order valence-corrected chi connectivity index (χ4v) is 4.20. The fourth-order valence-electron chi connectivity index (χ4n) is 4.20. The van der Waals surface area contributed by atoms with Gasteiger partial charge in [0, 0.05) is 30.8 Å². The van der Waals surface area contributed by atoms with Crippen molar-refractivity contribution < 1.29 is 14.6 Å². The van der Waals surface area contributed by atoms with Crippen molar-refractivity contribution in [2.24, 2.45) is 5.92 Å². The molecular formula is C22H26N2O3. The number of fused-ring (bicyclic) bond motifs is 1. The van der Waals surface area contributed by atoms with Crippen LogP contribution in [0.5, 0.6) is 0 Å². The maximum Gasteiger partial charge on any atom is 0.256 e. The molecule has 2 aromatic rings. The Morgan fingerprint density at radius 3 is 2.67 bits per heavy atom. The van der Waals surface area contributed by atoms with Gasteiger partial charge < -0.3 is 20.1 Å². The summed E-state index contributed by atoms with van der Waals surface area (Å²) in [7, 11) is 0. The first-order valence-electron chi connectivity index (χ1n) is 9.68. The standard InChI is InChI=1S/C22H26N2O3/c25-21-18-10-4-5-11-19(18)22(26)24(21)20-14-23-13-17(20)9-6-12-27-15-16-7-2-1-3-8-16/h1-5,7-8,10-11,17,20-21,23,25H,6,9,12-15H2. The minimum Gasteiger partial charge on any atom is -0.377 e. The van der Waals surface area contributed by atoms with Gasteiger partial charge in [-0.15, -0.1) is 0 Å². The van der Waals surface area contributed by atoms with Crippen LogP contribution in [0.3, 0.4) is 0 Å². The molecule has 0 radical (unpaired) electrons. The van der Waals surface area contributed by atoms with E-state index in [0.717, 1.165) is 31.5 Å². The molecule has 5 nitrogen and oxygen atoms in total. The van der Waals surface area contributed by atoms with Gasteiger partial charge in [-0.2, -0.15) is 0 Å². The molecule has 3 atom stereocenters. The first-order chi connectivity index (χ1) is 13.3. The van der Waals surface area contributed by atoms with Gasteiger partial charge in [-0.05, 0) is 30.4 Å². The summed E-state index contributed by atoms with van der Waals surface area (Å²) in [5.74, 6) is 0.273. The Morgan fingerprint density at radius 2 is 1.85 bits per heavy atom. The van der Waals surface area contributed by atoms with E-state index in [4.69, 9.17) is 4.74 Å². The lowest BCUT2D eigenvalue weighted by molar-refractivity contribution is -0.00933. The predicted molar refractivity (Wildman–Crippen MR) is 103 cm³/mol. The zero-order valence-corrected chi connectivity index (χ0v) is 15.4. The smallest absolute Gasteiger partial charge is 0.256 e. The number of aliphatic hydroxyl groups excluding tert-OH is 1. The van der Waals surface area contributed by atoms with Crippen molar-refractivity contribution in [3.05, 3.63) is 71.3 Å². The van der Waals surface area contributed by atoms with E-state index in [2.05, 4.69) is 17.4 Å². The number of nitrogens with zero attached hydrogens (tertiary/aromatic N) is 1. The zero-order chi connectivity index (χ0) is 18.6. The summed E-state index contributed by atoms with van der Waals surface area (Å²) in [6, 6.07) is 17.5. The highest BCUT2D eigenvalue weighted by Gasteiger charge is 2.43. The Labute approximate surface area is 160 Å². The molecule has 0 bridgehead atoms. The Balaban J connectivity index is 1.30. The van der Waals surface area contributed by atoms with Crippen molar-refractivity contribution in [2.45, 2.75) is 31.7 Å². The van der Waals surface area contributed by atoms with Crippen molar-refractivity contribution in [1.29, 1.82) is 0 Å². The second-order valence-electron chi connectivity index (χ2n) is 7.34. The topological polar surface area (TPSA) is 61.8 Å². The van der Waals surface area contributed by atoms with Gasteiger partial charge in [-0.1, -0.05) is 48.5 Å². The number of amides is 1. The number of benzene rings is 2. The lowest BCUT2D eigenvalue weighted by Crippen LogP contribution is -2.43. The van der Waals surface area contributed by atoms with Crippen LogP contribution in [0.25, 0.3) is 0 Å². The summed E-state index contributed by atoms with van der Waals surface area (Å²) in [5, 5.41) is 14.1. The van der Waals surface area contributed by atoms with E-state index in [1.165, 1.54) is 5.56 Å². The largest absolute Gasteiger partial charge is 0.377 e. The summed E-state index contributed by atoms with van der Waals surface area (Å²) in [6.07, 6.45) is 1.08. The van der Waals surface area contributed by atoms with Gasteiger partial charge in [0.25, 0.3) is 5.91 Å². The molecule has 1 fully saturated rings. The van der Waals surface area contributed by atoms with E-state index < -0.39 is 6.23 Å². The third-order valence-corrected chi connectivity index (χ3v) is 5.60. The van der Waals surface area contributed by atoms with Crippen LogP contribution >= 0.6 is 0 Å². The Kier molecular flexibility index (Phi) is 5.53. The van der Waals surface area contributed by atoms with Crippen LogP contribution in [-0.4, -0.2) is 41.7 Å². The monoisotopic (exact) mass is 366 g/mol. The summed E-state index contributed by atoms with van der Waals surface area (Å²) in [6.45, 7) is 2.93. The maximum atomic E-state index is 12.8.